The summed E-state index contributed by atoms with van der Waals surface area (Å²) < 4.78 is 6.98. The maximum Gasteiger partial charge on any atom is 0.132 e. The minimum absolute atomic E-state index is 0.0438. The molecule has 3 heteroatoms. The number of aryl methyl sites for hydroxylation is 1. The molecule has 0 saturated heterocycles. The number of hydrogen-bond acceptors (Lipinski definition) is 2. The summed E-state index contributed by atoms with van der Waals surface area (Å²) in [6.07, 6.45) is 0. The van der Waals surface area contributed by atoms with Crippen LogP contribution in [0.25, 0.3) is 0 Å². The standard InChI is InChI=1S/C15H16BrNO/c1-10-9-12(7-8-14(10)16)18-15-6-4-3-5-13(15)11(2)17/h3-9,11H,17H2,1-2H3/t11-/m0/s1. The second kappa shape index (κ2) is 5.55. The lowest BCUT2D eigenvalue weighted by atomic mass is 10.1. The lowest BCUT2D eigenvalue weighted by Crippen LogP contribution is -2.06. The van der Waals surface area contributed by atoms with Crippen LogP contribution in [-0.2, 0) is 0 Å². The lowest BCUT2D eigenvalue weighted by molar-refractivity contribution is 0.471. The average Bonchev–Trinajstić information content (AvgIpc) is 2.34. The molecule has 2 aromatic carbocycles. The smallest absolute Gasteiger partial charge is 0.132 e. The number of ether oxygens (including phenoxy) is 1. The summed E-state index contributed by atoms with van der Waals surface area (Å²) in [7, 11) is 0. The van der Waals surface area contributed by atoms with E-state index in [9.17, 15) is 0 Å². The Hall–Kier alpha value is -1.32. The Balaban J connectivity index is 2.31. The van der Waals surface area contributed by atoms with Gasteiger partial charge in [0.1, 0.15) is 11.5 Å². The second-order valence-corrected chi connectivity index (χ2v) is 5.19. The highest BCUT2D eigenvalue weighted by Crippen LogP contribution is 2.30. The Kier molecular flexibility index (Phi) is 4.04. The van der Waals surface area contributed by atoms with Gasteiger partial charge in [0.2, 0.25) is 0 Å². The third kappa shape index (κ3) is 2.92. The molecule has 0 amide bonds. The van der Waals surface area contributed by atoms with E-state index in [1.165, 1.54) is 0 Å². The van der Waals surface area contributed by atoms with Gasteiger partial charge >= 0.3 is 0 Å². The first kappa shape index (κ1) is 13.1. The molecular weight excluding hydrogens is 290 g/mol. The zero-order valence-corrected chi connectivity index (χ0v) is 12.1. The molecule has 0 aromatic heterocycles. The van der Waals surface area contributed by atoms with Gasteiger partial charge in [-0.05, 0) is 43.7 Å². The van der Waals surface area contributed by atoms with Crippen molar-refractivity contribution in [3.05, 3.63) is 58.1 Å². The van der Waals surface area contributed by atoms with E-state index in [-0.39, 0.29) is 6.04 Å². The summed E-state index contributed by atoms with van der Waals surface area (Å²) in [6.45, 7) is 3.99. The van der Waals surface area contributed by atoms with Crippen molar-refractivity contribution in [1.29, 1.82) is 0 Å². The summed E-state index contributed by atoms with van der Waals surface area (Å²) in [4.78, 5) is 0. The number of rotatable bonds is 3. The minimum Gasteiger partial charge on any atom is -0.457 e. The van der Waals surface area contributed by atoms with Gasteiger partial charge in [-0.2, -0.15) is 0 Å². The van der Waals surface area contributed by atoms with Crippen molar-refractivity contribution < 1.29 is 4.74 Å². The zero-order valence-electron chi connectivity index (χ0n) is 10.5. The van der Waals surface area contributed by atoms with Crippen LogP contribution < -0.4 is 10.5 Å². The quantitative estimate of drug-likeness (QED) is 0.901. The molecule has 0 radical (unpaired) electrons. The van der Waals surface area contributed by atoms with Crippen LogP contribution in [0, 0.1) is 6.92 Å². The molecule has 0 aliphatic rings. The molecule has 0 aliphatic heterocycles. The van der Waals surface area contributed by atoms with Gasteiger partial charge in [0.25, 0.3) is 0 Å². The number of para-hydroxylation sites is 1. The van der Waals surface area contributed by atoms with Crippen molar-refractivity contribution in [2.75, 3.05) is 0 Å². The molecule has 0 saturated carbocycles. The number of hydrogen-bond donors (Lipinski definition) is 1. The first-order chi connectivity index (χ1) is 8.58. The van der Waals surface area contributed by atoms with Crippen LogP contribution >= 0.6 is 15.9 Å². The molecule has 2 aromatic rings. The van der Waals surface area contributed by atoms with E-state index in [1.54, 1.807) is 0 Å². The fraction of sp³-hybridized carbons (Fsp3) is 0.200. The second-order valence-electron chi connectivity index (χ2n) is 4.34. The van der Waals surface area contributed by atoms with E-state index >= 15 is 0 Å². The third-order valence-electron chi connectivity index (χ3n) is 2.77. The Labute approximate surface area is 116 Å². The topological polar surface area (TPSA) is 35.2 Å². The summed E-state index contributed by atoms with van der Waals surface area (Å²) in [5.74, 6) is 1.64. The molecule has 0 unspecified atom stereocenters. The number of halogens is 1. The summed E-state index contributed by atoms with van der Waals surface area (Å²) in [5.41, 5.74) is 8.09. The summed E-state index contributed by atoms with van der Waals surface area (Å²) >= 11 is 3.48. The molecule has 2 nitrogen and oxygen atoms in total. The normalized spacial score (nSPS) is 12.2. The molecular formula is C15H16BrNO. The van der Waals surface area contributed by atoms with E-state index in [2.05, 4.69) is 15.9 Å². The molecule has 0 fully saturated rings. The van der Waals surface area contributed by atoms with Crippen LogP contribution in [0.1, 0.15) is 24.1 Å². The molecule has 18 heavy (non-hydrogen) atoms. The van der Waals surface area contributed by atoms with E-state index in [4.69, 9.17) is 10.5 Å². The van der Waals surface area contributed by atoms with Gasteiger partial charge < -0.3 is 10.5 Å². The van der Waals surface area contributed by atoms with Gasteiger partial charge in [0, 0.05) is 16.1 Å². The fourth-order valence-corrected chi connectivity index (χ4v) is 2.00. The molecule has 0 spiro atoms. The van der Waals surface area contributed by atoms with Crippen LogP contribution in [-0.4, -0.2) is 0 Å². The van der Waals surface area contributed by atoms with Gasteiger partial charge in [-0.25, -0.2) is 0 Å². The predicted molar refractivity (Wildman–Crippen MR) is 78.0 cm³/mol. The maximum absolute atomic E-state index is 5.93. The fourth-order valence-electron chi connectivity index (χ4n) is 1.76. The average molecular weight is 306 g/mol. The Morgan fingerprint density at radius 3 is 2.56 bits per heavy atom. The van der Waals surface area contributed by atoms with Crippen molar-refractivity contribution in [3.63, 3.8) is 0 Å². The van der Waals surface area contributed by atoms with Gasteiger partial charge in [-0.1, -0.05) is 34.1 Å². The third-order valence-corrected chi connectivity index (χ3v) is 3.66. The zero-order chi connectivity index (χ0) is 13.1. The molecule has 0 heterocycles. The van der Waals surface area contributed by atoms with Crippen molar-refractivity contribution >= 4 is 15.9 Å². The minimum atomic E-state index is -0.0438. The van der Waals surface area contributed by atoms with Crippen LogP contribution in [0.3, 0.4) is 0 Å². The number of benzene rings is 2. The van der Waals surface area contributed by atoms with Crippen LogP contribution in [0.2, 0.25) is 0 Å². The van der Waals surface area contributed by atoms with Gasteiger partial charge in [0.15, 0.2) is 0 Å². The molecule has 1 atom stereocenters. The largest absolute Gasteiger partial charge is 0.457 e. The van der Waals surface area contributed by atoms with E-state index < -0.39 is 0 Å². The van der Waals surface area contributed by atoms with E-state index in [1.807, 2.05) is 56.3 Å². The Morgan fingerprint density at radius 2 is 1.89 bits per heavy atom. The van der Waals surface area contributed by atoms with Gasteiger partial charge in [-0.3, -0.25) is 0 Å². The highest BCUT2D eigenvalue weighted by Gasteiger charge is 2.08. The Bertz CT molecular complexity index is 552. The monoisotopic (exact) mass is 305 g/mol. The molecule has 2 rings (SSSR count). The van der Waals surface area contributed by atoms with Crippen molar-refractivity contribution in [2.45, 2.75) is 19.9 Å². The molecule has 0 bridgehead atoms. The summed E-state index contributed by atoms with van der Waals surface area (Å²) in [6, 6.07) is 13.7. The van der Waals surface area contributed by atoms with Crippen molar-refractivity contribution in [3.8, 4) is 11.5 Å². The van der Waals surface area contributed by atoms with Crippen molar-refractivity contribution in [1.82, 2.24) is 0 Å². The highest BCUT2D eigenvalue weighted by atomic mass is 79.9. The van der Waals surface area contributed by atoms with Gasteiger partial charge in [0.05, 0.1) is 0 Å². The van der Waals surface area contributed by atoms with E-state index in [0.717, 1.165) is 27.1 Å². The van der Waals surface area contributed by atoms with Crippen LogP contribution in [0.5, 0.6) is 11.5 Å². The van der Waals surface area contributed by atoms with Crippen LogP contribution in [0.4, 0.5) is 0 Å². The summed E-state index contributed by atoms with van der Waals surface area (Å²) in [5, 5.41) is 0. The Morgan fingerprint density at radius 1 is 1.17 bits per heavy atom. The SMILES string of the molecule is Cc1cc(Oc2ccccc2[C@H](C)N)ccc1Br. The maximum atomic E-state index is 5.93. The van der Waals surface area contributed by atoms with Crippen molar-refractivity contribution in [2.24, 2.45) is 5.73 Å². The number of nitrogens with two attached hydrogens (primary N) is 1. The highest BCUT2D eigenvalue weighted by molar-refractivity contribution is 9.10. The van der Waals surface area contributed by atoms with Crippen LogP contribution in [0.15, 0.2) is 46.9 Å². The molecule has 94 valence electrons. The molecule has 2 N–H and O–H groups in total. The predicted octanol–water partition coefficient (Wildman–Crippen LogP) is 4.57. The van der Waals surface area contributed by atoms with Gasteiger partial charge in [-0.15, -0.1) is 0 Å². The van der Waals surface area contributed by atoms with E-state index in [0.29, 0.717) is 0 Å². The first-order valence-electron chi connectivity index (χ1n) is 5.86. The lowest BCUT2D eigenvalue weighted by Gasteiger charge is -2.14. The first-order valence-corrected chi connectivity index (χ1v) is 6.65. The molecule has 0 aliphatic carbocycles.